The molecular weight excluding hydrogens is 909 g/mol. The summed E-state index contributed by atoms with van der Waals surface area (Å²) in [7, 11) is 0.372. The van der Waals surface area contributed by atoms with Crippen LogP contribution in [-0.4, -0.2) is 34.1 Å². The fourth-order valence-corrected chi connectivity index (χ4v) is 14.9. The summed E-state index contributed by atoms with van der Waals surface area (Å²) in [5.41, 5.74) is 3.17. The minimum atomic E-state index is -1.77. The summed E-state index contributed by atoms with van der Waals surface area (Å²) in [5, 5.41) is 29.4. The van der Waals surface area contributed by atoms with Crippen LogP contribution in [-0.2, 0) is 14.8 Å². The fourth-order valence-electron chi connectivity index (χ4n) is 8.62. The number of unbranched alkanes of at least 4 members (excludes halogenated alkanes) is 6. The van der Waals surface area contributed by atoms with Crippen molar-refractivity contribution >= 4 is 96.4 Å². The molecule has 12 heteroatoms. The molecule has 0 fully saturated rings. The molecule has 4 aromatic heterocycles. The van der Waals surface area contributed by atoms with Crippen molar-refractivity contribution in [1.29, 1.82) is 15.8 Å². The van der Waals surface area contributed by atoms with Crippen LogP contribution in [0.2, 0.25) is 18.1 Å². The molecule has 7 rings (SSSR count). The van der Waals surface area contributed by atoms with Gasteiger partial charge in [-0.1, -0.05) is 97.4 Å². The largest absolute Gasteiger partial charge is 0.480 e. The second kappa shape index (κ2) is 20.4. The summed E-state index contributed by atoms with van der Waals surface area (Å²) in [6.07, 6.45) is 19.9. The van der Waals surface area contributed by atoms with Gasteiger partial charge < -0.3 is 18.8 Å². The van der Waals surface area contributed by atoms with Gasteiger partial charge in [-0.05, 0) is 99.6 Å². The Balaban J connectivity index is 1.20. The molecule has 0 aliphatic carbocycles. The zero-order valence-electron chi connectivity index (χ0n) is 40.4. The van der Waals surface area contributed by atoms with Crippen molar-refractivity contribution in [2.45, 2.75) is 142 Å². The normalized spacial score (nSPS) is 15.5. The van der Waals surface area contributed by atoms with Crippen molar-refractivity contribution in [1.82, 2.24) is 0 Å². The maximum atomic E-state index is 10.1. The Kier molecular flexibility index (Phi) is 15.3. The summed E-state index contributed by atoms with van der Waals surface area (Å²) in [5.74, 6) is 1.07. The van der Waals surface area contributed by atoms with Crippen LogP contribution in [0.5, 0.6) is 5.75 Å². The molecule has 0 saturated heterocycles. The molecule has 0 N–H and O–H groups in total. The second-order valence-electron chi connectivity index (χ2n) is 19.7. The number of nitrogens with zero attached hydrogens (tertiary/aromatic N) is 4. The van der Waals surface area contributed by atoms with Crippen molar-refractivity contribution in [3.8, 4) is 33.7 Å². The molecule has 0 unspecified atom stereocenters. The molecule has 0 saturated carbocycles. The number of likely N-dealkylation sites (N-methyl/N-ethyl adjacent to an activating group) is 1. The number of hydrogen-bond acceptors (Lipinski definition) is 11. The number of thiophene rings is 4. The first kappa shape index (κ1) is 49.5. The van der Waals surface area contributed by atoms with Crippen molar-refractivity contribution in [2.24, 2.45) is 0 Å². The van der Waals surface area contributed by atoms with Crippen molar-refractivity contribution in [2.75, 3.05) is 25.1 Å². The number of fused-ring (bicyclic) bond motifs is 7. The lowest BCUT2D eigenvalue weighted by atomic mass is 9.81. The van der Waals surface area contributed by atoms with Gasteiger partial charge in [-0.3, -0.25) is 0 Å². The fraction of sp³-hybridized carbons (Fsp3) is 0.463. The van der Waals surface area contributed by atoms with Gasteiger partial charge in [0.05, 0.1) is 30.5 Å². The highest BCUT2D eigenvalue weighted by Gasteiger charge is 2.45. The van der Waals surface area contributed by atoms with Crippen LogP contribution in [0.15, 0.2) is 65.0 Å². The van der Waals surface area contributed by atoms with Crippen molar-refractivity contribution in [3.63, 3.8) is 0 Å². The topological polar surface area (TPSA) is 102 Å². The van der Waals surface area contributed by atoms with Gasteiger partial charge in [0.1, 0.15) is 35.0 Å². The monoisotopic (exact) mass is 972 g/mol. The maximum absolute atomic E-state index is 10.1. The van der Waals surface area contributed by atoms with Crippen molar-refractivity contribution in [3.05, 3.63) is 85.8 Å². The number of rotatable bonds is 19. The van der Waals surface area contributed by atoms with E-state index in [1.54, 1.807) is 11.3 Å². The summed E-state index contributed by atoms with van der Waals surface area (Å²) in [6.45, 7) is 21.4. The average Bonchev–Trinajstić information content (AvgIpc) is 4.08. The van der Waals surface area contributed by atoms with E-state index < -0.39 is 19.5 Å². The van der Waals surface area contributed by atoms with Gasteiger partial charge in [-0.15, -0.1) is 45.3 Å². The lowest BCUT2D eigenvalue weighted by Crippen LogP contribution is -2.42. The van der Waals surface area contributed by atoms with Crippen LogP contribution in [0.25, 0.3) is 46.8 Å². The first-order valence-corrected chi connectivity index (χ1v) is 29.7. The molecule has 7 nitrogen and oxygen atoms in total. The lowest BCUT2D eigenvalue weighted by Gasteiger charge is -2.39. The molecule has 1 aromatic carbocycles. The number of hydrogen-bond donors (Lipinski definition) is 0. The number of allylic oxidation sites excluding steroid dienone is 2. The number of nitriles is 3. The smallest absolute Gasteiger partial charge is 0.192 e. The molecule has 2 aliphatic heterocycles. The molecule has 0 bridgehead atoms. The minimum Gasteiger partial charge on any atom is -0.480 e. The van der Waals surface area contributed by atoms with E-state index in [0.29, 0.717) is 5.57 Å². The number of ether oxygens (including phenoxy) is 2. The molecule has 0 amide bonds. The first-order chi connectivity index (χ1) is 31.5. The highest BCUT2D eigenvalue weighted by Crippen LogP contribution is 2.62. The third-order valence-corrected chi connectivity index (χ3v) is 22.9. The third kappa shape index (κ3) is 10.2. The second-order valence-corrected chi connectivity index (χ2v) is 28.8. The molecule has 0 radical (unpaired) electrons. The Bertz CT molecular complexity index is 2790. The minimum absolute atomic E-state index is 0.0543. The molecule has 0 spiro atoms. The Morgan fingerprint density at radius 2 is 1.36 bits per heavy atom. The molecule has 0 atom stereocenters. The van der Waals surface area contributed by atoms with Gasteiger partial charge in [0, 0.05) is 44.9 Å². The number of anilines is 1. The van der Waals surface area contributed by atoms with Crippen molar-refractivity contribution < 1.29 is 13.9 Å². The number of benzene rings is 1. The van der Waals surface area contributed by atoms with Crippen LogP contribution in [0.1, 0.15) is 134 Å². The van der Waals surface area contributed by atoms with E-state index in [1.807, 2.05) is 72.1 Å². The first-order valence-electron chi connectivity index (χ1n) is 23.5. The predicted octanol–water partition coefficient (Wildman–Crippen LogP) is 17.0. The Labute approximate surface area is 410 Å². The van der Waals surface area contributed by atoms with Gasteiger partial charge in [-0.2, -0.15) is 15.8 Å². The highest BCUT2D eigenvalue weighted by molar-refractivity contribution is 7.35. The van der Waals surface area contributed by atoms with E-state index in [1.165, 1.54) is 84.1 Å². The van der Waals surface area contributed by atoms with E-state index >= 15 is 0 Å². The Morgan fingerprint density at radius 1 is 0.773 bits per heavy atom. The summed E-state index contributed by atoms with van der Waals surface area (Å²) in [4.78, 5) is 7.19. The average molecular weight is 973 g/mol. The van der Waals surface area contributed by atoms with Gasteiger partial charge in [-0.25, -0.2) is 0 Å². The summed E-state index contributed by atoms with van der Waals surface area (Å²) < 4.78 is 25.2. The molecule has 66 heavy (non-hydrogen) atoms. The molecular formula is C54H64N4O3S4Si. The van der Waals surface area contributed by atoms with E-state index in [4.69, 9.17) is 13.9 Å². The standard InChI is InChI=1S/C54H64N4O3S4Si/c1-11-13-15-17-27-54(28-18-16-14-12-2)45-48-43(31-39(62-48)24-21-36-19-22-38(23-20-36)58(8)29-30-59-66(9,10)52(3,4)5)64-50(45)51-47(61-54)49-44(65-51)32-40(63-49)25-26-42-41(35-57)46(37(33-55)34-56)60-53(42,6)7/h19-26,31-32H,11-18,27-30H2,1-10H3/b24-21+,26-25+. The van der Waals surface area contributed by atoms with E-state index in [0.717, 1.165) is 54.2 Å². The van der Waals surface area contributed by atoms with Gasteiger partial charge >= 0.3 is 0 Å². The zero-order chi connectivity index (χ0) is 47.4. The van der Waals surface area contributed by atoms with Crippen LogP contribution < -0.4 is 9.64 Å². The van der Waals surface area contributed by atoms with Gasteiger partial charge in [0.25, 0.3) is 0 Å². The molecule has 2 aliphatic rings. The third-order valence-electron chi connectivity index (χ3n) is 13.5. The van der Waals surface area contributed by atoms with Crippen LogP contribution in [0, 0.1) is 34.0 Å². The lowest BCUT2D eigenvalue weighted by molar-refractivity contribution is 0.0431. The Morgan fingerprint density at radius 3 is 1.95 bits per heavy atom. The van der Waals surface area contributed by atoms with E-state index in [-0.39, 0.29) is 21.9 Å². The van der Waals surface area contributed by atoms with Gasteiger partial charge in [0.2, 0.25) is 0 Å². The molecule has 6 heterocycles. The zero-order valence-corrected chi connectivity index (χ0v) is 44.7. The maximum Gasteiger partial charge on any atom is 0.192 e. The predicted molar refractivity (Wildman–Crippen MR) is 285 cm³/mol. The van der Waals surface area contributed by atoms with Gasteiger partial charge in [0.15, 0.2) is 25.4 Å². The summed E-state index contributed by atoms with van der Waals surface area (Å²) in [6, 6.07) is 19.4. The van der Waals surface area contributed by atoms with Crippen LogP contribution >= 0.6 is 45.3 Å². The molecule has 5 aromatic rings. The Hall–Kier alpha value is -4.45. The van der Waals surface area contributed by atoms with Crippen LogP contribution in [0.3, 0.4) is 0 Å². The highest BCUT2D eigenvalue weighted by atomic mass is 32.1. The van der Waals surface area contributed by atoms with Crippen LogP contribution in [0.4, 0.5) is 5.69 Å². The summed E-state index contributed by atoms with van der Waals surface area (Å²) >= 11 is 7.37. The molecule has 346 valence electrons. The quantitative estimate of drug-likeness (QED) is 0.0461. The SMILES string of the molecule is CCCCCCC1(CCCCCC)Oc2c(sc3cc(/C=C/C4=C(C#N)C(=C(C#N)C#N)OC4(C)C)sc23)-c2sc3cc(/C=C/c4ccc(N(C)CCO[Si](C)(C)C(C)(C)C)cc4)sc3c21. The van der Waals surface area contributed by atoms with E-state index in [9.17, 15) is 15.8 Å². The van der Waals surface area contributed by atoms with E-state index in [2.05, 4.69) is 114 Å².